The molecule has 0 saturated carbocycles. The predicted molar refractivity (Wildman–Crippen MR) is 99.5 cm³/mol. The van der Waals surface area contributed by atoms with Gasteiger partial charge in [0.25, 0.3) is 0 Å². The Labute approximate surface area is 156 Å². The normalized spacial score (nSPS) is 10.7. The summed E-state index contributed by atoms with van der Waals surface area (Å²) in [7, 11) is 1.56. The van der Waals surface area contributed by atoms with Crippen molar-refractivity contribution in [1.82, 2.24) is 0 Å². The van der Waals surface area contributed by atoms with Gasteiger partial charge in [0.2, 0.25) is 0 Å². The second kappa shape index (κ2) is 9.35. The van der Waals surface area contributed by atoms with Crippen LogP contribution in [-0.4, -0.2) is 19.7 Å². The number of carbonyl (C=O) groups is 1. The first-order valence-corrected chi connectivity index (χ1v) is 8.38. The molecule has 0 N–H and O–H groups in total. The maximum Gasteiger partial charge on any atom is 0.330 e. The first-order chi connectivity index (χ1) is 12.0. The summed E-state index contributed by atoms with van der Waals surface area (Å²) in [4.78, 5) is 11.4. The molecule has 0 heterocycles. The fourth-order valence-corrected chi connectivity index (χ4v) is 2.52. The Morgan fingerprint density at radius 2 is 1.92 bits per heavy atom. The Morgan fingerprint density at radius 1 is 1.12 bits per heavy atom. The number of carbonyl (C=O) groups excluding carboxylic acids is 1. The van der Waals surface area contributed by atoms with Gasteiger partial charge in [-0.1, -0.05) is 35.3 Å². The van der Waals surface area contributed by atoms with Gasteiger partial charge in [0.15, 0.2) is 11.5 Å². The zero-order valence-electron chi connectivity index (χ0n) is 13.9. The van der Waals surface area contributed by atoms with E-state index in [9.17, 15) is 4.79 Å². The Balaban J connectivity index is 2.15. The Morgan fingerprint density at radius 3 is 2.60 bits per heavy atom. The molecule has 2 rings (SSSR count). The highest BCUT2D eigenvalue weighted by atomic mass is 35.5. The molecule has 0 aromatic heterocycles. The Bertz CT molecular complexity index is 772. The topological polar surface area (TPSA) is 44.8 Å². The molecule has 132 valence electrons. The van der Waals surface area contributed by atoms with Crippen molar-refractivity contribution in [2.75, 3.05) is 13.7 Å². The lowest BCUT2D eigenvalue weighted by atomic mass is 10.2. The van der Waals surface area contributed by atoms with Crippen LogP contribution in [0.15, 0.2) is 42.5 Å². The smallest absolute Gasteiger partial charge is 0.330 e. The van der Waals surface area contributed by atoms with Gasteiger partial charge in [-0.15, -0.1) is 0 Å². The summed E-state index contributed by atoms with van der Waals surface area (Å²) in [6.07, 6.45) is 3.02. The highest BCUT2D eigenvalue weighted by molar-refractivity contribution is 6.35. The minimum absolute atomic E-state index is 0.261. The molecule has 0 amide bonds. The first-order valence-electron chi connectivity index (χ1n) is 7.63. The van der Waals surface area contributed by atoms with Crippen molar-refractivity contribution in [1.29, 1.82) is 0 Å². The molecule has 0 bridgehead atoms. The van der Waals surface area contributed by atoms with Crippen LogP contribution in [0.5, 0.6) is 11.5 Å². The number of benzene rings is 2. The van der Waals surface area contributed by atoms with E-state index in [-0.39, 0.29) is 6.61 Å². The van der Waals surface area contributed by atoms with Crippen molar-refractivity contribution in [3.8, 4) is 11.5 Å². The molecule has 0 saturated heterocycles. The molecular formula is C19H18Cl2O4. The van der Waals surface area contributed by atoms with Gasteiger partial charge in [-0.25, -0.2) is 4.79 Å². The third-order valence-corrected chi connectivity index (χ3v) is 3.87. The summed E-state index contributed by atoms with van der Waals surface area (Å²) < 4.78 is 16.0. The lowest BCUT2D eigenvalue weighted by molar-refractivity contribution is -0.137. The van der Waals surface area contributed by atoms with E-state index in [2.05, 4.69) is 0 Å². The van der Waals surface area contributed by atoms with Crippen molar-refractivity contribution in [3.05, 3.63) is 63.6 Å². The number of ether oxygens (including phenoxy) is 3. The summed E-state index contributed by atoms with van der Waals surface area (Å²) in [6.45, 7) is 2.35. The van der Waals surface area contributed by atoms with Gasteiger partial charge in [-0.05, 0) is 42.8 Å². The van der Waals surface area contributed by atoms with Crippen molar-refractivity contribution < 1.29 is 19.0 Å². The first kappa shape index (κ1) is 19.2. The van der Waals surface area contributed by atoms with Crippen LogP contribution in [0.4, 0.5) is 0 Å². The molecule has 4 nitrogen and oxygen atoms in total. The van der Waals surface area contributed by atoms with Gasteiger partial charge in [0.05, 0.1) is 13.7 Å². The molecule has 0 spiro atoms. The van der Waals surface area contributed by atoms with Gasteiger partial charge < -0.3 is 14.2 Å². The summed E-state index contributed by atoms with van der Waals surface area (Å²) in [5.74, 6) is 0.728. The fraction of sp³-hybridized carbons (Fsp3) is 0.211. The highest BCUT2D eigenvalue weighted by Crippen LogP contribution is 2.30. The molecule has 0 fully saturated rings. The third kappa shape index (κ3) is 5.69. The van der Waals surface area contributed by atoms with E-state index in [0.717, 1.165) is 11.1 Å². The number of methoxy groups -OCH3 is 1. The largest absolute Gasteiger partial charge is 0.493 e. The molecule has 0 aliphatic rings. The second-order valence-corrected chi connectivity index (χ2v) is 5.86. The number of rotatable bonds is 7. The van der Waals surface area contributed by atoms with E-state index < -0.39 is 5.97 Å². The van der Waals surface area contributed by atoms with Crippen LogP contribution in [0.25, 0.3) is 6.08 Å². The van der Waals surface area contributed by atoms with Gasteiger partial charge in [-0.3, -0.25) is 0 Å². The molecule has 0 aliphatic heterocycles. The third-order valence-electron chi connectivity index (χ3n) is 3.28. The van der Waals surface area contributed by atoms with Crippen LogP contribution in [0.3, 0.4) is 0 Å². The SMILES string of the molecule is CCOC(=O)/C=C/c1ccc(OC)c(OCc2ccc(Cl)cc2Cl)c1. The van der Waals surface area contributed by atoms with Crippen LogP contribution in [0, 0.1) is 0 Å². The van der Waals surface area contributed by atoms with E-state index >= 15 is 0 Å². The van der Waals surface area contributed by atoms with Crippen molar-refractivity contribution in [3.63, 3.8) is 0 Å². The number of halogens is 2. The molecular weight excluding hydrogens is 363 g/mol. The van der Waals surface area contributed by atoms with Crippen molar-refractivity contribution in [2.45, 2.75) is 13.5 Å². The molecule has 0 atom stereocenters. The lowest BCUT2D eigenvalue weighted by Crippen LogP contribution is -2.00. The minimum Gasteiger partial charge on any atom is -0.493 e. The van der Waals surface area contributed by atoms with Crippen LogP contribution >= 0.6 is 23.2 Å². The van der Waals surface area contributed by atoms with Gasteiger partial charge in [-0.2, -0.15) is 0 Å². The van der Waals surface area contributed by atoms with E-state index in [1.165, 1.54) is 6.08 Å². The molecule has 2 aromatic carbocycles. The zero-order valence-corrected chi connectivity index (χ0v) is 15.4. The van der Waals surface area contributed by atoms with Gasteiger partial charge in [0, 0.05) is 21.7 Å². The van der Waals surface area contributed by atoms with Crippen molar-refractivity contribution >= 4 is 35.2 Å². The quantitative estimate of drug-likeness (QED) is 0.491. The molecule has 0 aliphatic carbocycles. The van der Waals surface area contributed by atoms with Crippen LogP contribution in [0.1, 0.15) is 18.1 Å². The molecule has 6 heteroatoms. The Hall–Kier alpha value is -2.17. The standard InChI is InChI=1S/C19H18Cl2O4/c1-3-24-19(22)9-5-13-4-8-17(23-2)18(10-13)25-12-14-6-7-15(20)11-16(14)21/h4-11H,3,12H2,1-2H3/b9-5+. The number of esters is 1. The lowest BCUT2D eigenvalue weighted by Gasteiger charge is -2.12. The molecule has 2 aromatic rings. The summed E-state index contributed by atoms with van der Waals surface area (Å²) >= 11 is 12.1. The monoisotopic (exact) mass is 380 g/mol. The van der Waals surface area contributed by atoms with Crippen LogP contribution < -0.4 is 9.47 Å². The fourth-order valence-electron chi connectivity index (χ4n) is 2.06. The van der Waals surface area contributed by atoms with E-state index in [0.29, 0.717) is 28.2 Å². The average Bonchev–Trinajstić information content (AvgIpc) is 2.59. The predicted octanol–water partition coefficient (Wildman–Crippen LogP) is 5.16. The summed E-state index contributed by atoms with van der Waals surface area (Å²) in [6, 6.07) is 10.6. The van der Waals surface area contributed by atoms with E-state index in [4.69, 9.17) is 37.4 Å². The molecule has 0 radical (unpaired) electrons. The maximum atomic E-state index is 11.4. The maximum absolute atomic E-state index is 11.4. The molecule has 25 heavy (non-hydrogen) atoms. The number of hydrogen-bond donors (Lipinski definition) is 0. The van der Waals surface area contributed by atoms with E-state index in [1.54, 1.807) is 44.4 Å². The summed E-state index contributed by atoms with van der Waals surface area (Å²) in [5.41, 5.74) is 1.59. The molecule has 0 unspecified atom stereocenters. The average molecular weight is 381 g/mol. The van der Waals surface area contributed by atoms with Gasteiger partial charge >= 0.3 is 5.97 Å². The van der Waals surface area contributed by atoms with Crippen LogP contribution in [-0.2, 0) is 16.1 Å². The highest BCUT2D eigenvalue weighted by Gasteiger charge is 2.08. The van der Waals surface area contributed by atoms with Crippen LogP contribution in [0.2, 0.25) is 10.0 Å². The second-order valence-electron chi connectivity index (χ2n) is 5.02. The Kier molecular flexibility index (Phi) is 7.16. The summed E-state index contributed by atoms with van der Waals surface area (Å²) in [5, 5.41) is 1.10. The zero-order chi connectivity index (χ0) is 18.2. The van der Waals surface area contributed by atoms with Crippen molar-refractivity contribution in [2.24, 2.45) is 0 Å². The van der Waals surface area contributed by atoms with E-state index in [1.807, 2.05) is 12.1 Å². The van der Waals surface area contributed by atoms with Gasteiger partial charge in [0.1, 0.15) is 6.61 Å². The minimum atomic E-state index is -0.395. The number of hydrogen-bond acceptors (Lipinski definition) is 4.